The van der Waals surface area contributed by atoms with E-state index in [-0.39, 0.29) is 11.3 Å². The molecule has 7 nitrogen and oxygen atoms in total. The Kier molecular flexibility index (Phi) is 5.06. The van der Waals surface area contributed by atoms with Gasteiger partial charge >= 0.3 is 5.97 Å². The molecule has 0 spiro atoms. The number of hydrogen-bond acceptors (Lipinski definition) is 4. The van der Waals surface area contributed by atoms with Gasteiger partial charge in [0.1, 0.15) is 5.82 Å². The van der Waals surface area contributed by atoms with Gasteiger partial charge in [-0.2, -0.15) is 4.31 Å². The van der Waals surface area contributed by atoms with Gasteiger partial charge < -0.3 is 9.67 Å². The first-order valence-electron chi connectivity index (χ1n) is 7.48. The maximum atomic E-state index is 12.6. The molecule has 23 heavy (non-hydrogen) atoms. The van der Waals surface area contributed by atoms with Gasteiger partial charge in [0, 0.05) is 26.6 Å². The molecule has 0 aliphatic heterocycles. The van der Waals surface area contributed by atoms with Gasteiger partial charge in [-0.3, -0.25) is 4.79 Å². The van der Waals surface area contributed by atoms with Crippen molar-refractivity contribution in [1.82, 2.24) is 13.9 Å². The van der Waals surface area contributed by atoms with Crippen LogP contribution in [0, 0.1) is 0 Å². The van der Waals surface area contributed by atoms with E-state index in [2.05, 4.69) is 4.98 Å². The molecule has 0 saturated carbocycles. The highest BCUT2D eigenvalue weighted by atomic mass is 32.2. The van der Waals surface area contributed by atoms with Crippen molar-refractivity contribution in [3.8, 4) is 0 Å². The monoisotopic (exact) mass is 339 g/mol. The lowest BCUT2D eigenvalue weighted by Crippen LogP contribution is -2.30. The van der Waals surface area contributed by atoms with Crippen LogP contribution in [-0.4, -0.2) is 46.4 Å². The number of sulfonamides is 1. The molecule has 0 aliphatic rings. The minimum atomic E-state index is -3.53. The van der Waals surface area contributed by atoms with Crippen LogP contribution in [0.5, 0.6) is 0 Å². The van der Waals surface area contributed by atoms with E-state index < -0.39 is 16.0 Å². The summed E-state index contributed by atoms with van der Waals surface area (Å²) in [6, 6.07) is 4.83. The van der Waals surface area contributed by atoms with Crippen molar-refractivity contribution in [2.24, 2.45) is 7.05 Å². The zero-order chi connectivity index (χ0) is 17.2. The zero-order valence-electron chi connectivity index (χ0n) is 13.5. The Morgan fingerprint density at radius 3 is 2.52 bits per heavy atom. The van der Waals surface area contributed by atoms with E-state index in [9.17, 15) is 13.2 Å². The van der Waals surface area contributed by atoms with Gasteiger partial charge in [-0.05, 0) is 18.2 Å². The second-order valence-corrected chi connectivity index (χ2v) is 7.16. The van der Waals surface area contributed by atoms with Crippen LogP contribution in [-0.2, 0) is 28.3 Å². The molecule has 0 fully saturated rings. The van der Waals surface area contributed by atoms with E-state index in [1.54, 1.807) is 43.7 Å². The number of aliphatic carboxylic acids is 1. The van der Waals surface area contributed by atoms with Crippen LogP contribution >= 0.6 is 0 Å². The highest BCUT2D eigenvalue weighted by molar-refractivity contribution is 7.89. The molecule has 1 aromatic carbocycles. The molecule has 0 unspecified atom stereocenters. The summed E-state index contributed by atoms with van der Waals surface area (Å²) in [6.45, 7) is 4.40. The lowest BCUT2D eigenvalue weighted by atomic mass is 10.3. The van der Waals surface area contributed by atoms with Gasteiger partial charge in [0.05, 0.1) is 22.3 Å². The number of nitrogens with zero attached hydrogens (tertiary/aromatic N) is 3. The van der Waals surface area contributed by atoms with Crippen LogP contribution < -0.4 is 0 Å². The first kappa shape index (κ1) is 17.4. The number of hydrogen-bond donors (Lipinski definition) is 1. The summed E-state index contributed by atoms with van der Waals surface area (Å²) in [4.78, 5) is 15.3. The summed E-state index contributed by atoms with van der Waals surface area (Å²) in [5.41, 5.74) is 1.34. The molecule has 0 saturated heterocycles. The number of carboxylic acid groups (broad SMARTS) is 1. The van der Waals surface area contributed by atoms with Crippen LogP contribution in [0.15, 0.2) is 23.1 Å². The Hall–Kier alpha value is -1.93. The second kappa shape index (κ2) is 6.67. The molecule has 8 heteroatoms. The van der Waals surface area contributed by atoms with Crippen LogP contribution in [0.1, 0.15) is 26.1 Å². The fraction of sp³-hybridized carbons (Fsp3) is 0.467. The van der Waals surface area contributed by atoms with Gasteiger partial charge in [-0.25, -0.2) is 13.4 Å². The Balaban J connectivity index is 2.45. The van der Waals surface area contributed by atoms with Gasteiger partial charge in [0.2, 0.25) is 10.0 Å². The highest BCUT2D eigenvalue weighted by Crippen LogP contribution is 2.22. The first-order chi connectivity index (χ1) is 10.8. The number of imidazole rings is 1. The summed E-state index contributed by atoms with van der Waals surface area (Å²) < 4.78 is 28.3. The summed E-state index contributed by atoms with van der Waals surface area (Å²) in [7, 11) is -1.74. The predicted octanol–water partition coefficient (Wildman–Crippen LogP) is 1.62. The molecule has 2 aromatic rings. The standard InChI is InChI=1S/C15H21N3O4S/c1-4-18(5-2)23(21,22)11-6-7-13-12(10-11)16-14(17(13)3)8-9-15(19)20/h6-7,10H,4-5,8-9H2,1-3H3,(H,19,20). The van der Waals surface area contributed by atoms with Crippen LogP contribution in [0.2, 0.25) is 0 Å². The van der Waals surface area contributed by atoms with Crippen LogP contribution in [0.3, 0.4) is 0 Å². The normalized spacial score (nSPS) is 12.2. The van der Waals surface area contributed by atoms with Crippen molar-refractivity contribution in [1.29, 1.82) is 0 Å². The third-order valence-electron chi connectivity index (χ3n) is 3.85. The average Bonchev–Trinajstić information content (AvgIpc) is 2.82. The largest absolute Gasteiger partial charge is 0.481 e. The van der Waals surface area contributed by atoms with Crippen molar-refractivity contribution in [2.45, 2.75) is 31.6 Å². The maximum Gasteiger partial charge on any atom is 0.303 e. The Bertz CT molecular complexity index is 823. The molecule has 1 aromatic heterocycles. The number of aromatic nitrogens is 2. The number of rotatable bonds is 7. The quantitative estimate of drug-likeness (QED) is 0.827. The smallest absolute Gasteiger partial charge is 0.303 e. The fourth-order valence-electron chi connectivity index (χ4n) is 2.54. The minimum absolute atomic E-state index is 0.0121. The Morgan fingerprint density at radius 1 is 1.30 bits per heavy atom. The Labute approximate surface area is 135 Å². The highest BCUT2D eigenvalue weighted by Gasteiger charge is 2.22. The predicted molar refractivity (Wildman–Crippen MR) is 86.8 cm³/mol. The first-order valence-corrected chi connectivity index (χ1v) is 8.92. The zero-order valence-corrected chi connectivity index (χ0v) is 14.3. The van der Waals surface area contributed by atoms with Crippen LogP contribution in [0.4, 0.5) is 0 Å². The number of carboxylic acids is 1. The number of benzene rings is 1. The summed E-state index contributed by atoms with van der Waals surface area (Å²) in [5, 5.41) is 8.78. The molecule has 2 rings (SSSR count). The summed E-state index contributed by atoms with van der Waals surface area (Å²) in [5.74, 6) is -0.262. The summed E-state index contributed by atoms with van der Waals surface area (Å²) in [6.07, 6.45) is 0.292. The number of aryl methyl sites for hydroxylation is 2. The summed E-state index contributed by atoms with van der Waals surface area (Å²) >= 11 is 0. The topological polar surface area (TPSA) is 92.5 Å². The molecule has 1 N–H and O–H groups in total. The average molecular weight is 339 g/mol. The van der Waals surface area contributed by atoms with Gasteiger partial charge in [-0.1, -0.05) is 13.8 Å². The van der Waals surface area contributed by atoms with Crippen molar-refractivity contribution in [3.05, 3.63) is 24.0 Å². The molecular weight excluding hydrogens is 318 g/mol. The third-order valence-corrected chi connectivity index (χ3v) is 5.90. The van der Waals surface area contributed by atoms with Crippen molar-refractivity contribution in [2.75, 3.05) is 13.1 Å². The van der Waals surface area contributed by atoms with Crippen molar-refractivity contribution >= 4 is 27.0 Å². The van der Waals surface area contributed by atoms with E-state index in [0.29, 0.717) is 30.9 Å². The third kappa shape index (κ3) is 3.37. The number of carbonyl (C=O) groups is 1. The Morgan fingerprint density at radius 2 is 1.96 bits per heavy atom. The van der Waals surface area contributed by atoms with Crippen molar-refractivity contribution < 1.29 is 18.3 Å². The molecular formula is C15H21N3O4S. The van der Waals surface area contributed by atoms with E-state index in [4.69, 9.17) is 5.11 Å². The maximum absolute atomic E-state index is 12.6. The molecule has 0 radical (unpaired) electrons. The van der Waals surface area contributed by atoms with E-state index in [1.807, 2.05) is 0 Å². The minimum Gasteiger partial charge on any atom is -0.481 e. The fourth-order valence-corrected chi connectivity index (χ4v) is 4.02. The molecule has 1 heterocycles. The molecule has 0 aliphatic carbocycles. The van der Waals surface area contributed by atoms with Gasteiger partial charge in [0.15, 0.2) is 0 Å². The number of fused-ring (bicyclic) bond motifs is 1. The lowest BCUT2D eigenvalue weighted by Gasteiger charge is -2.18. The SMILES string of the molecule is CCN(CC)S(=O)(=O)c1ccc2c(c1)nc(CCC(=O)O)n2C. The van der Waals surface area contributed by atoms with E-state index in [0.717, 1.165) is 5.52 Å². The van der Waals surface area contributed by atoms with E-state index in [1.165, 1.54) is 4.31 Å². The molecule has 0 amide bonds. The van der Waals surface area contributed by atoms with Crippen LogP contribution in [0.25, 0.3) is 11.0 Å². The lowest BCUT2D eigenvalue weighted by molar-refractivity contribution is -0.137. The molecule has 0 atom stereocenters. The molecule has 0 bridgehead atoms. The van der Waals surface area contributed by atoms with Gasteiger partial charge in [0.25, 0.3) is 0 Å². The van der Waals surface area contributed by atoms with Crippen molar-refractivity contribution in [3.63, 3.8) is 0 Å². The molecule has 126 valence electrons. The van der Waals surface area contributed by atoms with E-state index >= 15 is 0 Å². The van der Waals surface area contributed by atoms with Gasteiger partial charge in [-0.15, -0.1) is 0 Å². The second-order valence-electron chi connectivity index (χ2n) is 5.22.